The van der Waals surface area contributed by atoms with Crippen molar-refractivity contribution in [2.24, 2.45) is 0 Å². The number of aromatic nitrogens is 3. The SMILES string of the molecule is Clc1nc2ccncc2n1C1CC1. The summed E-state index contributed by atoms with van der Waals surface area (Å²) in [5, 5.41) is 0.588. The fourth-order valence-corrected chi connectivity index (χ4v) is 1.91. The Hall–Kier alpha value is -1.09. The lowest BCUT2D eigenvalue weighted by Crippen LogP contribution is -1.92. The molecule has 0 saturated heterocycles. The molecule has 0 unspecified atom stereocenters. The summed E-state index contributed by atoms with van der Waals surface area (Å²) in [6, 6.07) is 2.45. The average Bonchev–Trinajstić information content (AvgIpc) is 2.88. The van der Waals surface area contributed by atoms with Crippen molar-refractivity contribution in [2.45, 2.75) is 18.9 Å². The van der Waals surface area contributed by atoms with Crippen LogP contribution in [0.1, 0.15) is 18.9 Å². The maximum atomic E-state index is 6.03. The minimum atomic E-state index is 0.557. The molecule has 3 rings (SSSR count). The molecule has 0 atom stereocenters. The minimum Gasteiger partial charge on any atom is -0.310 e. The maximum Gasteiger partial charge on any atom is 0.204 e. The molecule has 1 aliphatic rings. The van der Waals surface area contributed by atoms with Gasteiger partial charge in [0.2, 0.25) is 5.28 Å². The Labute approximate surface area is 80.4 Å². The van der Waals surface area contributed by atoms with E-state index in [1.54, 1.807) is 6.20 Å². The molecule has 3 nitrogen and oxygen atoms in total. The molecule has 0 N–H and O–H groups in total. The van der Waals surface area contributed by atoms with Crippen molar-refractivity contribution in [2.75, 3.05) is 0 Å². The van der Waals surface area contributed by atoms with Gasteiger partial charge in [-0.2, -0.15) is 0 Å². The van der Waals surface area contributed by atoms with Crippen molar-refractivity contribution in [3.05, 3.63) is 23.7 Å². The van der Waals surface area contributed by atoms with Gasteiger partial charge < -0.3 is 4.57 Å². The molecule has 0 aromatic carbocycles. The van der Waals surface area contributed by atoms with E-state index in [4.69, 9.17) is 11.6 Å². The van der Waals surface area contributed by atoms with Gasteiger partial charge in [-0.05, 0) is 30.5 Å². The van der Waals surface area contributed by atoms with Crippen molar-refractivity contribution in [1.29, 1.82) is 0 Å². The Bertz CT molecular complexity index is 459. The summed E-state index contributed by atoms with van der Waals surface area (Å²) in [6.07, 6.45) is 5.98. The van der Waals surface area contributed by atoms with E-state index in [0.29, 0.717) is 11.3 Å². The molecule has 1 fully saturated rings. The molecule has 0 bridgehead atoms. The number of hydrogen-bond acceptors (Lipinski definition) is 2. The molecule has 66 valence electrons. The Morgan fingerprint density at radius 1 is 1.46 bits per heavy atom. The van der Waals surface area contributed by atoms with E-state index >= 15 is 0 Å². The van der Waals surface area contributed by atoms with Gasteiger partial charge >= 0.3 is 0 Å². The smallest absolute Gasteiger partial charge is 0.204 e. The summed E-state index contributed by atoms with van der Waals surface area (Å²) < 4.78 is 2.07. The Morgan fingerprint density at radius 3 is 3.08 bits per heavy atom. The van der Waals surface area contributed by atoms with Gasteiger partial charge in [0.15, 0.2) is 0 Å². The lowest BCUT2D eigenvalue weighted by molar-refractivity contribution is 0.766. The third kappa shape index (κ3) is 1.04. The van der Waals surface area contributed by atoms with E-state index in [2.05, 4.69) is 14.5 Å². The molecule has 13 heavy (non-hydrogen) atoms. The quantitative estimate of drug-likeness (QED) is 0.697. The second-order valence-corrected chi connectivity index (χ2v) is 3.68. The van der Waals surface area contributed by atoms with Gasteiger partial charge in [0.25, 0.3) is 0 Å². The van der Waals surface area contributed by atoms with Crippen LogP contribution in [-0.4, -0.2) is 14.5 Å². The molecule has 2 heterocycles. The summed E-state index contributed by atoms with van der Waals surface area (Å²) in [6.45, 7) is 0. The van der Waals surface area contributed by atoms with Gasteiger partial charge in [-0.3, -0.25) is 4.98 Å². The van der Waals surface area contributed by atoms with E-state index in [1.807, 2.05) is 12.3 Å². The number of rotatable bonds is 1. The summed E-state index contributed by atoms with van der Waals surface area (Å²) in [4.78, 5) is 8.34. The molecular formula is C9H8ClN3. The van der Waals surface area contributed by atoms with Crippen molar-refractivity contribution in [3.8, 4) is 0 Å². The molecule has 0 aliphatic heterocycles. The fraction of sp³-hybridized carbons (Fsp3) is 0.333. The Kier molecular flexibility index (Phi) is 1.38. The lowest BCUT2D eigenvalue weighted by atomic mass is 10.4. The normalized spacial score (nSPS) is 16.7. The predicted octanol–water partition coefficient (Wildman–Crippen LogP) is 2.42. The summed E-state index contributed by atoms with van der Waals surface area (Å²) in [5.74, 6) is 0. The molecule has 4 heteroatoms. The molecule has 0 amide bonds. The monoisotopic (exact) mass is 193 g/mol. The van der Waals surface area contributed by atoms with Gasteiger partial charge in [0.05, 0.1) is 17.2 Å². The first kappa shape index (κ1) is 7.33. The van der Waals surface area contributed by atoms with E-state index in [-0.39, 0.29) is 0 Å². The van der Waals surface area contributed by atoms with Gasteiger partial charge in [-0.25, -0.2) is 4.98 Å². The molecule has 1 saturated carbocycles. The van der Waals surface area contributed by atoms with E-state index in [1.165, 1.54) is 12.8 Å². The van der Waals surface area contributed by atoms with Crippen LogP contribution < -0.4 is 0 Å². The van der Waals surface area contributed by atoms with E-state index < -0.39 is 0 Å². The first-order valence-electron chi connectivity index (χ1n) is 4.34. The number of halogens is 1. The largest absolute Gasteiger partial charge is 0.310 e. The van der Waals surface area contributed by atoms with Gasteiger partial charge in [0, 0.05) is 12.2 Å². The maximum absolute atomic E-state index is 6.03. The highest BCUT2D eigenvalue weighted by Gasteiger charge is 2.27. The van der Waals surface area contributed by atoms with Crippen LogP contribution in [0.4, 0.5) is 0 Å². The van der Waals surface area contributed by atoms with Crippen LogP contribution in [0.3, 0.4) is 0 Å². The van der Waals surface area contributed by atoms with Crippen molar-refractivity contribution < 1.29 is 0 Å². The van der Waals surface area contributed by atoms with E-state index in [9.17, 15) is 0 Å². The van der Waals surface area contributed by atoms with Crippen molar-refractivity contribution >= 4 is 22.6 Å². The van der Waals surface area contributed by atoms with Gasteiger partial charge in [0.1, 0.15) is 0 Å². The number of pyridine rings is 1. The van der Waals surface area contributed by atoms with Crippen LogP contribution in [0, 0.1) is 0 Å². The second-order valence-electron chi connectivity index (χ2n) is 3.35. The highest BCUT2D eigenvalue weighted by molar-refractivity contribution is 6.29. The van der Waals surface area contributed by atoms with Crippen LogP contribution in [0.25, 0.3) is 11.0 Å². The molecule has 2 aromatic heterocycles. The van der Waals surface area contributed by atoms with Crippen LogP contribution >= 0.6 is 11.6 Å². The zero-order chi connectivity index (χ0) is 8.84. The van der Waals surface area contributed by atoms with Crippen LogP contribution in [0.5, 0.6) is 0 Å². The topological polar surface area (TPSA) is 30.7 Å². The van der Waals surface area contributed by atoms with Crippen molar-refractivity contribution in [3.63, 3.8) is 0 Å². The predicted molar refractivity (Wildman–Crippen MR) is 50.8 cm³/mol. The molecule has 2 aromatic rings. The summed E-state index contributed by atoms with van der Waals surface area (Å²) in [7, 11) is 0. The van der Waals surface area contributed by atoms with Crippen LogP contribution in [-0.2, 0) is 0 Å². The Morgan fingerprint density at radius 2 is 2.31 bits per heavy atom. The van der Waals surface area contributed by atoms with Crippen molar-refractivity contribution in [1.82, 2.24) is 14.5 Å². The lowest BCUT2D eigenvalue weighted by Gasteiger charge is -2.00. The Balaban J connectivity index is 2.35. The molecular weight excluding hydrogens is 186 g/mol. The van der Waals surface area contributed by atoms with Crippen LogP contribution in [0.15, 0.2) is 18.5 Å². The molecule has 0 spiro atoms. The number of fused-ring (bicyclic) bond motifs is 1. The number of hydrogen-bond donors (Lipinski definition) is 0. The first-order chi connectivity index (χ1) is 6.36. The summed E-state index contributed by atoms with van der Waals surface area (Å²) >= 11 is 6.03. The number of nitrogens with zero attached hydrogens (tertiary/aromatic N) is 3. The fourth-order valence-electron chi connectivity index (χ4n) is 1.59. The van der Waals surface area contributed by atoms with Gasteiger partial charge in [-0.15, -0.1) is 0 Å². The second kappa shape index (κ2) is 2.45. The average molecular weight is 194 g/mol. The summed E-state index contributed by atoms with van der Waals surface area (Å²) in [5.41, 5.74) is 1.99. The molecule has 0 radical (unpaired) electrons. The zero-order valence-electron chi connectivity index (χ0n) is 6.94. The highest BCUT2D eigenvalue weighted by atomic mass is 35.5. The standard InChI is InChI=1S/C9H8ClN3/c10-9-12-7-3-4-11-5-8(7)13(9)6-1-2-6/h3-6H,1-2H2. The van der Waals surface area contributed by atoms with Crippen LogP contribution in [0.2, 0.25) is 5.28 Å². The third-order valence-corrected chi connectivity index (χ3v) is 2.63. The third-order valence-electron chi connectivity index (χ3n) is 2.36. The zero-order valence-corrected chi connectivity index (χ0v) is 7.70. The van der Waals surface area contributed by atoms with E-state index in [0.717, 1.165) is 11.0 Å². The van der Waals surface area contributed by atoms with Gasteiger partial charge in [-0.1, -0.05) is 0 Å². The highest BCUT2D eigenvalue weighted by Crippen LogP contribution is 2.39. The number of imidazole rings is 1. The molecule has 1 aliphatic carbocycles. The minimum absolute atomic E-state index is 0.557. The first-order valence-corrected chi connectivity index (χ1v) is 4.71.